The standard InChI is InChI=1S/C35H46ClN5O2/c1-6-7-16-40-33(42)31(19-24(2)3)37-34(43)35(40)14-17-39(18-15-35)23-29-21-32(28-12-13-30(36)26(5)20-28)41(38-29)22-27-10-8-25(4)9-11-27/h8-13,20-21,24,31H,6-7,14-19,22-23H2,1-5H3,(H,37,43). The number of halogens is 1. The van der Waals surface area contributed by atoms with E-state index in [0.717, 1.165) is 53.5 Å². The smallest absolute Gasteiger partial charge is 0.246 e. The van der Waals surface area contributed by atoms with E-state index in [4.69, 9.17) is 16.7 Å². The number of rotatable bonds is 10. The fourth-order valence-electron chi connectivity index (χ4n) is 6.53. The van der Waals surface area contributed by atoms with E-state index in [9.17, 15) is 9.59 Å². The van der Waals surface area contributed by atoms with Crippen molar-refractivity contribution in [2.24, 2.45) is 5.92 Å². The molecular weight excluding hydrogens is 558 g/mol. The number of hydrogen-bond acceptors (Lipinski definition) is 4. The van der Waals surface area contributed by atoms with Gasteiger partial charge in [-0.05, 0) is 74.8 Å². The quantitative estimate of drug-likeness (QED) is 0.292. The molecule has 8 heteroatoms. The molecule has 1 spiro atoms. The first-order valence-corrected chi connectivity index (χ1v) is 16.2. The number of amides is 2. The molecule has 2 amide bonds. The van der Waals surface area contributed by atoms with Gasteiger partial charge in [0.25, 0.3) is 0 Å². The summed E-state index contributed by atoms with van der Waals surface area (Å²) in [6.07, 6.45) is 3.84. The lowest BCUT2D eigenvalue weighted by atomic mass is 9.80. The lowest BCUT2D eigenvalue weighted by Crippen LogP contribution is -2.73. The van der Waals surface area contributed by atoms with Gasteiger partial charge in [0, 0.05) is 36.8 Å². The first-order valence-electron chi connectivity index (χ1n) is 15.8. The molecule has 0 saturated carbocycles. The molecule has 1 aromatic heterocycles. The Morgan fingerprint density at radius 1 is 1.02 bits per heavy atom. The molecule has 0 bridgehead atoms. The van der Waals surface area contributed by atoms with Crippen molar-refractivity contribution in [1.29, 1.82) is 0 Å². The zero-order valence-corrected chi connectivity index (χ0v) is 27.1. The third-order valence-electron chi connectivity index (χ3n) is 9.06. The van der Waals surface area contributed by atoms with Gasteiger partial charge in [0.15, 0.2) is 0 Å². The molecule has 7 nitrogen and oxygen atoms in total. The summed E-state index contributed by atoms with van der Waals surface area (Å²) < 4.78 is 2.09. The molecule has 43 heavy (non-hydrogen) atoms. The average molecular weight is 604 g/mol. The Bertz CT molecular complexity index is 1440. The van der Waals surface area contributed by atoms with Gasteiger partial charge in [0.1, 0.15) is 11.6 Å². The third kappa shape index (κ3) is 6.83. The number of piperazine rings is 1. The highest BCUT2D eigenvalue weighted by Crippen LogP contribution is 2.35. The molecule has 230 valence electrons. The number of likely N-dealkylation sites (tertiary alicyclic amines) is 1. The molecule has 2 aromatic carbocycles. The minimum Gasteiger partial charge on any atom is -0.342 e. The number of carbonyl (C=O) groups excluding carboxylic acids is 2. The fraction of sp³-hybridized carbons (Fsp3) is 0.514. The molecular formula is C35H46ClN5O2. The van der Waals surface area contributed by atoms with Crippen molar-refractivity contribution in [2.75, 3.05) is 19.6 Å². The van der Waals surface area contributed by atoms with Crippen molar-refractivity contribution in [3.8, 4) is 11.3 Å². The lowest BCUT2D eigenvalue weighted by molar-refractivity contribution is -0.161. The van der Waals surface area contributed by atoms with Gasteiger partial charge in [-0.25, -0.2) is 0 Å². The van der Waals surface area contributed by atoms with Gasteiger partial charge in [0.2, 0.25) is 11.8 Å². The van der Waals surface area contributed by atoms with Gasteiger partial charge < -0.3 is 10.2 Å². The number of piperidine rings is 1. The van der Waals surface area contributed by atoms with Crippen LogP contribution in [0.25, 0.3) is 11.3 Å². The maximum atomic E-state index is 13.6. The number of aryl methyl sites for hydroxylation is 2. The molecule has 1 atom stereocenters. The first kappa shape index (κ1) is 31.3. The van der Waals surface area contributed by atoms with Crippen LogP contribution in [-0.4, -0.2) is 62.6 Å². The minimum atomic E-state index is -0.757. The number of unbranched alkanes of at least 4 members (excludes halogenated alkanes) is 1. The van der Waals surface area contributed by atoms with Crippen LogP contribution in [0.5, 0.6) is 0 Å². The van der Waals surface area contributed by atoms with E-state index in [2.05, 4.69) is 85.1 Å². The van der Waals surface area contributed by atoms with Crippen LogP contribution in [0.4, 0.5) is 0 Å². The number of benzene rings is 2. The third-order valence-corrected chi connectivity index (χ3v) is 9.48. The zero-order chi connectivity index (χ0) is 30.7. The Kier molecular flexibility index (Phi) is 9.62. The summed E-state index contributed by atoms with van der Waals surface area (Å²) in [5.74, 6) is 0.454. The summed E-state index contributed by atoms with van der Waals surface area (Å²) in [6.45, 7) is 13.9. The van der Waals surface area contributed by atoms with Crippen LogP contribution >= 0.6 is 11.6 Å². The second-order valence-corrected chi connectivity index (χ2v) is 13.3. The molecule has 3 aromatic rings. The van der Waals surface area contributed by atoms with Crippen LogP contribution in [-0.2, 0) is 22.7 Å². The molecule has 0 aliphatic carbocycles. The van der Waals surface area contributed by atoms with Gasteiger partial charge in [-0.2, -0.15) is 5.10 Å². The van der Waals surface area contributed by atoms with Gasteiger partial charge >= 0.3 is 0 Å². The molecule has 0 radical (unpaired) electrons. The molecule has 2 aliphatic heterocycles. The summed E-state index contributed by atoms with van der Waals surface area (Å²) in [6, 6.07) is 16.5. The Morgan fingerprint density at radius 3 is 2.40 bits per heavy atom. The highest BCUT2D eigenvalue weighted by molar-refractivity contribution is 6.31. The van der Waals surface area contributed by atoms with Gasteiger partial charge in [-0.3, -0.25) is 19.2 Å². The van der Waals surface area contributed by atoms with E-state index in [-0.39, 0.29) is 11.8 Å². The number of aromatic nitrogens is 2. The summed E-state index contributed by atoms with van der Waals surface area (Å²) in [7, 11) is 0. The number of nitrogens with one attached hydrogen (secondary N) is 1. The predicted molar refractivity (Wildman–Crippen MR) is 173 cm³/mol. The number of nitrogens with zero attached hydrogens (tertiary/aromatic N) is 4. The van der Waals surface area contributed by atoms with Crippen LogP contribution in [0, 0.1) is 19.8 Å². The Hall–Kier alpha value is -3.16. The molecule has 2 saturated heterocycles. The number of carbonyl (C=O) groups is 2. The monoisotopic (exact) mass is 603 g/mol. The van der Waals surface area contributed by atoms with Crippen molar-refractivity contribution in [1.82, 2.24) is 24.9 Å². The van der Waals surface area contributed by atoms with E-state index in [1.165, 1.54) is 11.1 Å². The Morgan fingerprint density at radius 2 is 1.74 bits per heavy atom. The second kappa shape index (κ2) is 13.2. The molecule has 2 aliphatic rings. The molecule has 1 N–H and O–H groups in total. The first-order chi connectivity index (χ1) is 20.6. The molecule has 5 rings (SSSR count). The van der Waals surface area contributed by atoms with Crippen molar-refractivity contribution >= 4 is 23.4 Å². The fourth-order valence-corrected chi connectivity index (χ4v) is 6.64. The summed E-state index contributed by atoms with van der Waals surface area (Å²) in [4.78, 5) is 31.6. The van der Waals surface area contributed by atoms with Crippen molar-refractivity contribution in [3.63, 3.8) is 0 Å². The average Bonchev–Trinajstić information content (AvgIpc) is 3.37. The topological polar surface area (TPSA) is 70.5 Å². The van der Waals surface area contributed by atoms with E-state index >= 15 is 0 Å². The Balaban J connectivity index is 1.35. The van der Waals surface area contributed by atoms with E-state index < -0.39 is 11.6 Å². The Labute approximate surface area is 261 Å². The lowest BCUT2D eigenvalue weighted by Gasteiger charge is -2.52. The molecule has 2 fully saturated rings. The zero-order valence-electron chi connectivity index (χ0n) is 26.3. The van der Waals surface area contributed by atoms with E-state index in [1.54, 1.807) is 0 Å². The molecule has 1 unspecified atom stereocenters. The van der Waals surface area contributed by atoms with Crippen LogP contribution in [0.2, 0.25) is 5.02 Å². The van der Waals surface area contributed by atoms with Crippen molar-refractivity contribution in [2.45, 2.75) is 91.4 Å². The van der Waals surface area contributed by atoms with Gasteiger partial charge in [-0.15, -0.1) is 0 Å². The largest absolute Gasteiger partial charge is 0.342 e. The normalized spacial score (nSPS) is 19.0. The summed E-state index contributed by atoms with van der Waals surface area (Å²) in [5, 5.41) is 8.95. The van der Waals surface area contributed by atoms with Crippen molar-refractivity contribution in [3.05, 3.63) is 75.9 Å². The molecule has 3 heterocycles. The second-order valence-electron chi connectivity index (χ2n) is 12.9. The minimum absolute atomic E-state index is 0.0243. The van der Waals surface area contributed by atoms with Crippen LogP contribution in [0.1, 0.15) is 75.3 Å². The number of hydrogen-bond donors (Lipinski definition) is 1. The maximum Gasteiger partial charge on any atom is 0.246 e. The van der Waals surface area contributed by atoms with Crippen LogP contribution in [0.15, 0.2) is 48.5 Å². The van der Waals surface area contributed by atoms with Crippen molar-refractivity contribution < 1.29 is 9.59 Å². The van der Waals surface area contributed by atoms with E-state index in [0.29, 0.717) is 44.8 Å². The van der Waals surface area contributed by atoms with Gasteiger partial charge in [-0.1, -0.05) is 74.7 Å². The predicted octanol–water partition coefficient (Wildman–Crippen LogP) is 6.38. The highest BCUT2D eigenvalue weighted by Gasteiger charge is 2.53. The van der Waals surface area contributed by atoms with Crippen LogP contribution < -0.4 is 5.32 Å². The SMILES string of the molecule is CCCCN1C(=O)C(CC(C)C)NC(=O)C12CCN(Cc1cc(-c3ccc(Cl)c(C)c3)n(Cc3ccc(C)cc3)n1)CC2. The van der Waals surface area contributed by atoms with Gasteiger partial charge in [0.05, 0.1) is 17.9 Å². The maximum absolute atomic E-state index is 13.6. The summed E-state index contributed by atoms with van der Waals surface area (Å²) >= 11 is 6.35. The van der Waals surface area contributed by atoms with Crippen LogP contribution in [0.3, 0.4) is 0 Å². The highest BCUT2D eigenvalue weighted by atomic mass is 35.5. The summed E-state index contributed by atoms with van der Waals surface area (Å²) in [5.41, 5.74) is 5.85. The van der Waals surface area contributed by atoms with E-state index in [1.807, 2.05) is 17.9 Å².